The van der Waals surface area contributed by atoms with Crippen molar-refractivity contribution in [3.63, 3.8) is 0 Å². The van der Waals surface area contributed by atoms with Gasteiger partial charge in [0, 0.05) is 26.2 Å². The number of ether oxygens (including phenoxy) is 1. The Kier molecular flexibility index (Phi) is 3.23. The summed E-state index contributed by atoms with van der Waals surface area (Å²) in [6.45, 7) is 4.25. The minimum atomic E-state index is 0.0896. The van der Waals surface area contributed by atoms with Crippen molar-refractivity contribution < 1.29 is 9.53 Å². The van der Waals surface area contributed by atoms with Gasteiger partial charge < -0.3 is 14.5 Å². The summed E-state index contributed by atoms with van der Waals surface area (Å²) >= 11 is 1.62. The Morgan fingerprint density at radius 3 is 2.90 bits per heavy atom. The Hall–Kier alpha value is -1.73. The maximum Gasteiger partial charge on any atom is 0.229 e. The fourth-order valence-electron chi connectivity index (χ4n) is 2.88. The van der Waals surface area contributed by atoms with Crippen LogP contribution >= 0.6 is 11.3 Å². The number of hydrogen-bond acceptors (Lipinski definition) is 6. The molecule has 4 rings (SSSR count). The lowest BCUT2D eigenvalue weighted by atomic mass is 9.98. The average molecular weight is 304 g/mol. The molecule has 4 heterocycles. The fraction of sp³-hybridized carbons (Fsp3) is 0.500. The molecule has 6 nitrogen and oxygen atoms in total. The quantitative estimate of drug-likeness (QED) is 0.828. The number of aromatic nitrogens is 2. The molecule has 0 N–H and O–H groups in total. The number of nitrogens with zero attached hydrogens (tertiary/aromatic N) is 4. The van der Waals surface area contributed by atoms with Gasteiger partial charge in [0.05, 0.1) is 24.5 Å². The molecule has 110 valence electrons. The van der Waals surface area contributed by atoms with E-state index in [1.807, 2.05) is 16.3 Å². The summed E-state index contributed by atoms with van der Waals surface area (Å²) < 4.78 is 5.29. The van der Waals surface area contributed by atoms with E-state index in [1.54, 1.807) is 17.7 Å². The first-order valence-corrected chi connectivity index (χ1v) is 8.00. The Morgan fingerprint density at radius 2 is 2.10 bits per heavy atom. The molecule has 7 heteroatoms. The number of rotatable bonds is 2. The molecule has 0 saturated carbocycles. The molecule has 1 amide bonds. The number of anilines is 1. The van der Waals surface area contributed by atoms with Gasteiger partial charge in [-0.25, -0.2) is 9.97 Å². The van der Waals surface area contributed by atoms with Crippen LogP contribution in [0, 0.1) is 5.92 Å². The summed E-state index contributed by atoms with van der Waals surface area (Å²) in [7, 11) is 0. The summed E-state index contributed by atoms with van der Waals surface area (Å²) in [5, 5.41) is 3.11. The van der Waals surface area contributed by atoms with Crippen LogP contribution in [0.15, 0.2) is 17.8 Å². The van der Waals surface area contributed by atoms with Crippen LogP contribution < -0.4 is 4.90 Å². The summed E-state index contributed by atoms with van der Waals surface area (Å²) in [5.41, 5.74) is 0. The van der Waals surface area contributed by atoms with Gasteiger partial charge in [-0.1, -0.05) is 0 Å². The second-order valence-electron chi connectivity index (χ2n) is 5.38. The number of carbonyl (C=O) groups is 1. The first-order chi connectivity index (χ1) is 10.3. The van der Waals surface area contributed by atoms with Gasteiger partial charge in [0.1, 0.15) is 17.0 Å². The number of morpholine rings is 1. The maximum absolute atomic E-state index is 12.4. The predicted molar refractivity (Wildman–Crippen MR) is 80.5 cm³/mol. The standard InChI is InChI=1S/C14H16N4O2S/c19-14(17-2-4-20-5-3-17)10-7-18(8-10)12-11-1-6-21-13(11)16-9-15-12/h1,6,9-10H,2-5,7-8H2. The minimum Gasteiger partial charge on any atom is -0.378 e. The van der Waals surface area contributed by atoms with Gasteiger partial charge in [0.15, 0.2) is 0 Å². The molecule has 21 heavy (non-hydrogen) atoms. The highest BCUT2D eigenvalue weighted by Crippen LogP contribution is 2.31. The molecular weight excluding hydrogens is 288 g/mol. The molecule has 0 aromatic carbocycles. The zero-order valence-electron chi connectivity index (χ0n) is 11.6. The lowest BCUT2D eigenvalue weighted by Gasteiger charge is -2.42. The normalized spacial score (nSPS) is 19.8. The second kappa shape index (κ2) is 5.23. The van der Waals surface area contributed by atoms with Gasteiger partial charge in [-0.15, -0.1) is 11.3 Å². The third kappa shape index (κ3) is 2.26. The molecular formula is C14H16N4O2S. The van der Waals surface area contributed by atoms with E-state index in [0.29, 0.717) is 13.2 Å². The Labute approximate surface area is 126 Å². The van der Waals surface area contributed by atoms with Crippen LogP contribution in [0.4, 0.5) is 5.82 Å². The second-order valence-corrected chi connectivity index (χ2v) is 6.27. The van der Waals surface area contributed by atoms with Gasteiger partial charge in [0.25, 0.3) is 0 Å². The highest BCUT2D eigenvalue weighted by Gasteiger charge is 2.37. The molecule has 2 aromatic heterocycles. The van der Waals surface area contributed by atoms with Crippen molar-refractivity contribution >= 4 is 33.3 Å². The summed E-state index contributed by atoms with van der Waals surface area (Å²) in [6, 6.07) is 2.05. The summed E-state index contributed by atoms with van der Waals surface area (Å²) in [6.07, 6.45) is 1.60. The van der Waals surface area contributed by atoms with Crippen LogP contribution in [-0.2, 0) is 9.53 Å². The maximum atomic E-state index is 12.4. The molecule has 0 atom stereocenters. The Morgan fingerprint density at radius 1 is 1.29 bits per heavy atom. The first kappa shape index (κ1) is 13.0. The van der Waals surface area contributed by atoms with E-state index in [9.17, 15) is 4.79 Å². The Balaban J connectivity index is 1.45. The number of fused-ring (bicyclic) bond motifs is 1. The van der Waals surface area contributed by atoms with E-state index in [-0.39, 0.29) is 11.8 Å². The van der Waals surface area contributed by atoms with Gasteiger partial charge in [-0.3, -0.25) is 4.79 Å². The van der Waals surface area contributed by atoms with Crippen molar-refractivity contribution in [1.82, 2.24) is 14.9 Å². The van der Waals surface area contributed by atoms with Gasteiger partial charge in [-0.05, 0) is 11.4 Å². The average Bonchev–Trinajstić information content (AvgIpc) is 2.96. The van der Waals surface area contributed by atoms with E-state index in [2.05, 4.69) is 14.9 Å². The third-order valence-electron chi connectivity index (χ3n) is 4.09. The molecule has 2 aromatic rings. The molecule has 2 fully saturated rings. The predicted octanol–water partition coefficient (Wildman–Crippen LogP) is 0.986. The molecule has 0 unspecified atom stereocenters. The van der Waals surface area contributed by atoms with Gasteiger partial charge >= 0.3 is 0 Å². The topological polar surface area (TPSA) is 58.6 Å². The van der Waals surface area contributed by atoms with E-state index in [1.165, 1.54) is 0 Å². The lowest BCUT2D eigenvalue weighted by Crippen LogP contribution is -2.56. The van der Waals surface area contributed by atoms with Gasteiger partial charge in [-0.2, -0.15) is 0 Å². The fourth-order valence-corrected chi connectivity index (χ4v) is 3.61. The number of hydrogen-bond donors (Lipinski definition) is 0. The van der Waals surface area contributed by atoms with Crippen LogP contribution in [-0.4, -0.2) is 60.2 Å². The van der Waals surface area contributed by atoms with Crippen molar-refractivity contribution in [3.8, 4) is 0 Å². The molecule has 0 spiro atoms. The molecule has 0 aliphatic carbocycles. The molecule has 2 aliphatic heterocycles. The monoisotopic (exact) mass is 304 g/mol. The number of amides is 1. The van der Waals surface area contributed by atoms with Crippen molar-refractivity contribution in [2.45, 2.75) is 0 Å². The third-order valence-corrected chi connectivity index (χ3v) is 4.91. The Bertz CT molecular complexity index is 662. The largest absolute Gasteiger partial charge is 0.378 e. The van der Waals surface area contributed by atoms with Crippen molar-refractivity contribution in [1.29, 1.82) is 0 Å². The summed E-state index contributed by atoms with van der Waals surface area (Å²) in [4.78, 5) is 26.1. The highest BCUT2D eigenvalue weighted by molar-refractivity contribution is 7.16. The van der Waals surface area contributed by atoms with Crippen molar-refractivity contribution in [2.24, 2.45) is 5.92 Å². The van der Waals surface area contributed by atoms with Crippen LogP contribution in [0.25, 0.3) is 10.2 Å². The smallest absolute Gasteiger partial charge is 0.229 e. The minimum absolute atomic E-state index is 0.0896. The SMILES string of the molecule is O=C(C1CN(c2ncnc3sccc23)C1)N1CCOCC1. The summed E-state index contributed by atoms with van der Waals surface area (Å²) in [5.74, 6) is 1.30. The first-order valence-electron chi connectivity index (χ1n) is 7.12. The van der Waals surface area contributed by atoms with Crippen LogP contribution in [0.5, 0.6) is 0 Å². The zero-order chi connectivity index (χ0) is 14.2. The molecule has 2 saturated heterocycles. The van der Waals surface area contributed by atoms with E-state index < -0.39 is 0 Å². The van der Waals surface area contributed by atoms with Gasteiger partial charge in [0.2, 0.25) is 5.91 Å². The van der Waals surface area contributed by atoms with E-state index in [0.717, 1.165) is 42.2 Å². The molecule has 0 radical (unpaired) electrons. The molecule has 2 aliphatic rings. The van der Waals surface area contributed by atoms with Crippen molar-refractivity contribution in [2.75, 3.05) is 44.3 Å². The van der Waals surface area contributed by atoms with Crippen molar-refractivity contribution in [3.05, 3.63) is 17.8 Å². The lowest BCUT2D eigenvalue weighted by molar-refractivity contribution is -0.140. The molecule has 0 bridgehead atoms. The van der Waals surface area contributed by atoms with Crippen LogP contribution in [0.3, 0.4) is 0 Å². The van der Waals surface area contributed by atoms with E-state index >= 15 is 0 Å². The number of carbonyl (C=O) groups excluding carboxylic acids is 1. The van der Waals surface area contributed by atoms with Crippen LogP contribution in [0.1, 0.15) is 0 Å². The van der Waals surface area contributed by atoms with Crippen LogP contribution in [0.2, 0.25) is 0 Å². The number of thiophene rings is 1. The highest BCUT2D eigenvalue weighted by atomic mass is 32.1. The van der Waals surface area contributed by atoms with E-state index in [4.69, 9.17) is 4.74 Å². The zero-order valence-corrected chi connectivity index (χ0v) is 12.4.